The quantitative estimate of drug-likeness (QED) is 0.218. The highest BCUT2D eigenvalue weighted by molar-refractivity contribution is 4.95. The van der Waals surface area contributed by atoms with Crippen molar-refractivity contribution in [3.8, 4) is 0 Å². The Morgan fingerprint density at radius 1 is 0.636 bits per heavy atom. The number of unbranched alkanes of at least 4 members (excludes halogenated alkanes) is 3. The minimum absolute atomic E-state index is 0.230. The van der Waals surface area contributed by atoms with Gasteiger partial charge in [0.15, 0.2) is 12.6 Å². The van der Waals surface area contributed by atoms with Crippen LogP contribution in [-0.4, -0.2) is 26.6 Å². The number of ether oxygens (including phenoxy) is 4. The molecule has 0 aromatic carbocycles. The lowest BCUT2D eigenvalue weighted by atomic mass is 10.2. The van der Waals surface area contributed by atoms with Crippen LogP contribution in [-0.2, 0) is 18.9 Å². The molecular weight excluding hydrogens is 280 g/mol. The van der Waals surface area contributed by atoms with Crippen LogP contribution >= 0.6 is 0 Å². The highest BCUT2D eigenvalue weighted by Gasteiger charge is 2.11. The average Bonchev–Trinajstić information content (AvgIpc) is 2.53. The van der Waals surface area contributed by atoms with Crippen LogP contribution in [0.3, 0.4) is 0 Å². The number of hydrogen-bond donors (Lipinski definition) is 0. The van der Waals surface area contributed by atoms with Gasteiger partial charge in [-0.3, -0.25) is 0 Å². The second-order valence-electron chi connectivity index (χ2n) is 5.39. The van der Waals surface area contributed by atoms with Crippen LogP contribution in [0.15, 0.2) is 11.7 Å². The van der Waals surface area contributed by atoms with E-state index in [2.05, 4.69) is 27.7 Å². The van der Waals surface area contributed by atoms with Gasteiger partial charge in [0.2, 0.25) is 0 Å². The molecule has 0 bridgehead atoms. The Bertz CT molecular complexity index is 264. The summed E-state index contributed by atoms with van der Waals surface area (Å²) in [5.41, 5.74) is 0. The summed E-state index contributed by atoms with van der Waals surface area (Å²) >= 11 is 0. The van der Waals surface area contributed by atoms with Crippen molar-refractivity contribution in [1.82, 2.24) is 0 Å². The lowest BCUT2D eigenvalue weighted by Crippen LogP contribution is -2.10. The fourth-order valence-corrected chi connectivity index (χ4v) is 1.87. The van der Waals surface area contributed by atoms with Gasteiger partial charge in [0.1, 0.15) is 0 Å². The molecule has 0 aromatic heterocycles. The molecule has 0 amide bonds. The van der Waals surface area contributed by atoms with Gasteiger partial charge in [-0.05, 0) is 25.7 Å². The van der Waals surface area contributed by atoms with Crippen LogP contribution < -0.4 is 0 Å². The molecule has 0 aliphatic carbocycles. The summed E-state index contributed by atoms with van der Waals surface area (Å²) in [6.45, 7) is 10.8. The summed E-state index contributed by atoms with van der Waals surface area (Å²) < 4.78 is 22.7. The van der Waals surface area contributed by atoms with E-state index in [0.29, 0.717) is 19.2 Å². The Kier molecular flexibility index (Phi) is 15.8. The third-order valence-electron chi connectivity index (χ3n) is 3.04. The minimum atomic E-state index is 0.230. The molecule has 0 aliphatic heterocycles. The summed E-state index contributed by atoms with van der Waals surface area (Å²) in [5, 5.41) is 0. The van der Waals surface area contributed by atoms with E-state index in [0.717, 1.165) is 44.5 Å². The fourth-order valence-electron chi connectivity index (χ4n) is 1.87. The molecule has 0 aromatic rings. The van der Waals surface area contributed by atoms with Crippen molar-refractivity contribution in [2.24, 2.45) is 0 Å². The monoisotopic (exact) mass is 316 g/mol. The van der Waals surface area contributed by atoms with E-state index >= 15 is 0 Å². The lowest BCUT2D eigenvalue weighted by molar-refractivity contribution is -0.0840. The molecule has 132 valence electrons. The molecular formula is C18H36O4. The predicted octanol–water partition coefficient (Wildman–Crippen LogP) is 5.38. The summed E-state index contributed by atoms with van der Waals surface area (Å²) in [7, 11) is 0. The molecule has 0 saturated heterocycles. The summed E-state index contributed by atoms with van der Waals surface area (Å²) in [6, 6.07) is 0. The smallest absolute Gasteiger partial charge is 0.321 e. The van der Waals surface area contributed by atoms with Gasteiger partial charge in [-0.15, -0.1) is 0 Å². The number of rotatable bonds is 16. The SMILES string of the molecule is CCCCCCOCO/C(OCCC)=C(/CCC)OCCC. The molecule has 0 aliphatic rings. The third kappa shape index (κ3) is 11.7. The van der Waals surface area contributed by atoms with Gasteiger partial charge in [-0.1, -0.05) is 47.0 Å². The standard InChI is InChI=1S/C18H36O4/c1-5-9-10-11-15-19-16-22-18(21-14-8-4)17(12-6-2)20-13-7-3/h5-16H2,1-4H3/b18-17-. The van der Waals surface area contributed by atoms with Crippen molar-refractivity contribution in [3.63, 3.8) is 0 Å². The first kappa shape index (κ1) is 21.1. The summed E-state index contributed by atoms with van der Waals surface area (Å²) in [6.07, 6.45) is 8.55. The molecule has 4 nitrogen and oxygen atoms in total. The van der Waals surface area contributed by atoms with Gasteiger partial charge in [0.05, 0.1) is 19.8 Å². The van der Waals surface area contributed by atoms with E-state index in [4.69, 9.17) is 18.9 Å². The topological polar surface area (TPSA) is 36.9 Å². The fraction of sp³-hybridized carbons (Fsp3) is 0.889. The van der Waals surface area contributed by atoms with Crippen LogP contribution in [0.1, 0.15) is 79.1 Å². The molecule has 0 saturated carbocycles. The van der Waals surface area contributed by atoms with Crippen LogP contribution in [0.2, 0.25) is 0 Å². The summed E-state index contributed by atoms with van der Waals surface area (Å²) in [5.74, 6) is 1.32. The normalized spacial score (nSPS) is 12.0. The first-order valence-electron chi connectivity index (χ1n) is 8.99. The molecule has 22 heavy (non-hydrogen) atoms. The predicted molar refractivity (Wildman–Crippen MR) is 90.5 cm³/mol. The van der Waals surface area contributed by atoms with Crippen LogP contribution in [0, 0.1) is 0 Å². The second-order valence-corrected chi connectivity index (χ2v) is 5.39. The van der Waals surface area contributed by atoms with Crippen LogP contribution in [0.5, 0.6) is 0 Å². The molecule has 0 radical (unpaired) electrons. The van der Waals surface area contributed by atoms with Gasteiger partial charge in [0.25, 0.3) is 0 Å². The van der Waals surface area contributed by atoms with Crippen molar-refractivity contribution in [1.29, 1.82) is 0 Å². The maximum absolute atomic E-state index is 5.78. The van der Waals surface area contributed by atoms with E-state index in [1.54, 1.807) is 0 Å². The van der Waals surface area contributed by atoms with Crippen molar-refractivity contribution in [2.45, 2.75) is 79.1 Å². The Morgan fingerprint density at radius 2 is 1.36 bits per heavy atom. The lowest BCUT2D eigenvalue weighted by Gasteiger charge is -2.17. The molecule has 0 fully saturated rings. The first-order valence-corrected chi connectivity index (χ1v) is 8.99. The van der Waals surface area contributed by atoms with Gasteiger partial charge in [-0.25, -0.2) is 0 Å². The minimum Gasteiger partial charge on any atom is -0.491 e. The number of allylic oxidation sites excluding steroid dienone is 1. The Balaban J connectivity index is 4.26. The zero-order chi connectivity index (χ0) is 16.5. The van der Waals surface area contributed by atoms with Crippen molar-refractivity contribution >= 4 is 0 Å². The van der Waals surface area contributed by atoms with E-state index in [-0.39, 0.29) is 6.79 Å². The first-order chi connectivity index (χ1) is 10.8. The van der Waals surface area contributed by atoms with E-state index in [1.807, 2.05) is 0 Å². The zero-order valence-electron chi connectivity index (χ0n) is 15.1. The van der Waals surface area contributed by atoms with Crippen LogP contribution in [0.4, 0.5) is 0 Å². The van der Waals surface area contributed by atoms with Gasteiger partial charge >= 0.3 is 5.95 Å². The highest BCUT2D eigenvalue weighted by atomic mass is 16.7. The highest BCUT2D eigenvalue weighted by Crippen LogP contribution is 2.16. The van der Waals surface area contributed by atoms with Crippen molar-refractivity contribution in [2.75, 3.05) is 26.6 Å². The third-order valence-corrected chi connectivity index (χ3v) is 3.04. The Morgan fingerprint density at radius 3 is 2.00 bits per heavy atom. The maximum atomic E-state index is 5.78. The van der Waals surface area contributed by atoms with Crippen molar-refractivity contribution in [3.05, 3.63) is 11.7 Å². The zero-order valence-corrected chi connectivity index (χ0v) is 15.1. The van der Waals surface area contributed by atoms with Gasteiger partial charge < -0.3 is 18.9 Å². The molecule has 0 N–H and O–H groups in total. The van der Waals surface area contributed by atoms with Gasteiger partial charge in [-0.2, -0.15) is 0 Å². The molecule has 0 spiro atoms. The van der Waals surface area contributed by atoms with Gasteiger partial charge in [0, 0.05) is 6.42 Å². The van der Waals surface area contributed by atoms with Crippen LogP contribution in [0.25, 0.3) is 0 Å². The molecule has 0 rings (SSSR count). The molecule has 4 heteroatoms. The Labute approximate surface area is 137 Å². The van der Waals surface area contributed by atoms with E-state index < -0.39 is 0 Å². The van der Waals surface area contributed by atoms with E-state index in [9.17, 15) is 0 Å². The molecule has 0 heterocycles. The Hall–Kier alpha value is -0.900. The summed E-state index contributed by atoms with van der Waals surface area (Å²) in [4.78, 5) is 0. The maximum Gasteiger partial charge on any atom is 0.321 e. The molecule has 0 atom stereocenters. The average molecular weight is 316 g/mol. The number of hydrogen-bond acceptors (Lipinski definition) is 4. The van der Waals surface area contributed by atoms with E-state index in [1.165, 1.54) is 19.3 Å². The second kappa shape index (κ2) is 16.5. The van der Waals surface area contributed by atoms with Crippen molar-refractivity contribution < 1.29 is 18.9 Å². The largest absolute Gasteiger partial charge is 0.491 e. The molecule has 0 unspecified atom stereocenters.